The highest BCUT2D eigenvalue weighted by atomic mass is 28.3. The van der Waals surface area contributed by atoms with E-state index in [9.17, 15) is 0 Å². The van der Waals surface area contributed by atoms with Gasteiger partial charge < -0.3 is 10.2 Å². The molecule has 0 spiro atoms. The summed E-state index contributed by atoms with van der Waals surface area (Å²) in [6.07, 6.45) is 2.46. The molecule has 1 aromatic rings. The fourth-order valence-electron chi connectivity index (χ4n) is 0.764. The van der Waals surface area contributed by atoms with Crippen molar-refractivity contribution in [3.8, 4) is 0 Å². The minimum Gasteiger partial charge on any atom is -0.474 e. The Bertz CT molecular complexity index is 193. The maximum Gasteiger partial charge on any atom is 0.139 e. The fraction of sp³-hybridized carbons (Fsp3) is 0.429. The molecule has 1 aromatic heterocycles. The summed E-state index contributed by atoms with van der Waals surface area (Å²) in [5.41, 5.74) is 5.60. The Hall–Kier alpha value is -0.543. The normalized spacial score (nSPS) is 11.9. The molecule has 10 heavy (non-hydrogen) atoms. The summed E-state index contributed by atoms with van der Waals surface area (Å²) in [7, 11) is -1.39. The van der Waals surface area contributed by atoms with Crippen LogP contribution in [0.25, 0.3) is 0 Å². The minimum atomic E-state index is -1.39. The average Bonchev–Trinajstić information content (AvgIpc) is 2.38. The molecule has 0 saturated carbocycles. The average molecular weight is 155 g/mol. The van der Waals surface area contributed by atoms with E-state index in [4.69, 9.17) is 10.2 Å². The molecule has 2 N–H and O–H groups in total. The van der Waals surface area contributed by atoms with Gasteiger partial charge in [-0.25, -0.2) is 0 Å². The van der Waals surface area contributed by atoms with Gasteiger partial charge in [0.1, 0.15) is 8.07 Å². The van der Waals surface area contributed by atoms with Gasteiger partial charge in [0.25, 0.3) is 0 Å². The quantitative estimate of drug-likeness (QED) is 0.638. The topological polar surface area (TPSA) is 39.2 Å². The van der Waals surface area contributed by atoms with Crippen molar-refractivity contribution in [2.75, 3.05) is 6.17 Å². The molecule has 0 aliphatic rings. The zero-order valence-electron chi connectivity index (χ0n) is 6.42. The Kier molecular flexibility index (Phi) is 1.96. The van der Waals surface area contributed by atoms with Crippen molar-refractivity contribution in [2.24, 2.45) is 5.73 Å². The molecule has 0 aliphatic heterocycles. The van der Waals surface area contributed by atoms with E-state index in [1.165, 1.54) is 0 Å². The van der Waals surface area contributed by atoms with Crippen LogP contribution in [0.15, 0.2) is 22.8 Å². The molecule has 0 unspecified atom stereocenters. The number of nitrogens with two attached hydrogens (primary N) is 1. The zero-order valence-corrected chi connectivity index (χ0v) is 7.42. The van der Waals surface area contributed by atoms with Crippen LogP contribution in [0.4, 0.5) is 0 Å². The smallest absolute Gasteiger partial charge is 0.139 e. The minimum absolute atomic E-state index is 0.751. The zero-order chi connectivity index (χ0) is 7.61. The highest BCUT2D eigenvalue weighted by Crippen LogP contribution is 2.00. The van der Waals surface area contributed by atoms with Crippen LogP contribution in [0, 0.1) is 0 Å². The number of furan rings is 1. The monoisotopic (exact) mass is 155 g/mol. The predicted octanol–water partition coefficient (Wildman–Crippen LogP) is 0.693. The summed E-state index contributed by atoms with van der Waals surface area (Å²) in [6.45, 7) is 4.40. The molecule has 1 rings (SSSR count). The molecule has 0 atom stereocenters. The fourth-order valence-corrected chi connectivity index (χ4v) is 1.90. The lowest BCUT2D eigenvalue weighted by Crippen LogP contribution is -2.47. The molecule has 0 aromatic carbocycles. The van der Waals surface area contributed by atoms with Gasteiger partial charge in [-0.15, -0.1) is 0 Å². The largest absolute Gasteiger partial charge is 0.474 e. The van der Waals surface area contributed by atoms with Crippen LogP contribution in [-0.2, 0) is 0 Å². The Morgan fingerprint density at radius 2 is 2.30 bits per heavy atom. The third-order valence-corrected chi connectivity index (χ3v) is 4.34. The van der Waals surface area contributed by atoms with E-state index < -0.39 is 8.07 Å². The summed E-state index contributed by atoms with van der Waals surface area (Å²) in [6, 6.07) is 3.93. The number of hydrogen-bond acceptors (Lipinski definition) is 2. The van der Waals surface area contributed by atoms with Crippen LogP contribution >= 0.6 is 0 Å². The van der Waals surface area contributed by atoms with Crippen molar-refractivity contribution < 1.29 is 4.42 Å². The van der Waals surface area contributed by atoms with Crippen LogP contribution in [0.3, 0.4) is 0 Å². The second kappa shape index (κ2) is 2.60. The maximum absolute atomic E-state index is 5.60. The molecule has 0 fully saturated rings. The van der Waals surface area contributed by atoms with E-state index in [0.29, 0.717) is 0 Å². The van der Waals surface area contributed by atoms with Gasteiger partial charge in [-0.3, -0.25) is 0 Å². The molecule has 0 aliphatic carbocycles. The molecule has 0 bridgehead atoms. The van der Waals surface area contributed by atoms with E-state index in [0.717, 1.165) is 11.6 Å². The van der Waals surface area contributed by atoms with E-state index in [-0.39, 0.29) is 0 Å². The first-order chi connectivity index (χ1) is 4.67. The summed E-state index contributed by atoms with van der Waals surface area (Å²) in [5.74, 6) is 0. The van der Waals surface area contributed by atoms with Crippen LogP contribution < -0.4 is 11.1 Å². The molecule has 2 nitrogen and oxygen atoms in total. The van der Waals surface area contributed by atoms with Gasteiger partial charge in [0.2, 0.25) is 0 Å². The molecule has 0 saturated heterocycles. The standard InChI is InChI=1S/C7H13NOSi/c1-10(2,6-8)7-4-3-5-9-7/h3-5H,6,8H2,1-2H3. The van der Waals surface area contributed by atoms with E-state index in [1.807, 2.05) is 12.1 Å². The first-order valence-corrected chi connectivity index (χ1v) is 6.61. The van der Waals surface area contributed by atoms with E-state index >= 15 is 0 Å². The molecule has 0 amide bonds. The first kappa shape index (κ1) is 7.56. The number of rotatable bonds is 2. The van der Waals surface area contributed by atoms with Crippen molar-refractivity contribution in [3.63, 3.8) is 0 Å². The lowest BCUT2D eigenvalue weighted by molar-refractivity contribution is 0.597. The van der Waals surface area contributed by atoms with Gasteiger partial charge in [-0.2, -0.15) is 0 Å². The van der Waals surface area contributed by atoms with E-state index in [2.05, 4.69) is 13.1 Å². The van der Waals surface area contributed by atoms with Crippen LogP contribution in [0.1, 0.15) is 0 Å². The summed E-state index contributed by atoms with van der Waals surface area (Å²) < 4.78 is 5.27. The Labute approximate surface area is 62.0 Å². The lowest BCUT2D eigenvalue weighted by Gasteiger charge is -2.15. The van der Waals surface area contributed by atoms with Gasteiger partial charge in [0.15, 0.2) is 0 Å². The maximum atomic E-state index is 5.60. The Morgan fingerprint density at radius 1 is 1.60 bits per heavy atom. The van der Waals surface area contributed by atoms with Crippen LogP contribution in [0.5, 0.6) is 0 Å². The molecule has 1 heterocycles. The molecule has 3 heteroatoms. The van der Waals surface area contributed by atoms with Crippen LogP contribution in [0.2, 0.25) is 13.1 Å². The van der Waals surface area contributed by atoms with Gasteiger partial charge >= 0.3 is 0 Å². The summed E-state index contributed by atoms with van der Waals surface area (Å²) in [5, 5.41) is 1.09. The van der Waals surface area contributed by atoms with Crippen molar-refractivity contribution in [2.45, 2.75) is 13.1 Å². The highest BCUT2D eigenvalue weighted by Gasteiger charge is 2.24. The lowest BCUT2D eigenvalue weighted by atomic mass is 10.7. The predicted molar refractivity (Wildman–Crippen MR) is 44.9 cm³/mol. The van der Waals surface area contributed by atoms with Gasteiger partial charge in [-0.05, 0) is 18.3 Å². The van der Waals surface area contributed by atoms with Crippen LogP contribution in [-0.4, -0.2) is 14.2 Å². The third kappa shape index (κ3) is 1.30. The molecular formula is C7H13NOSi. The summed E-state index contributed by atoms with van der Waals surface area (Å²) >= 11 is 0. The third-order valence-electron chi connectivity index (χ3n) is 1.70. The number of hydrogen-bond donors (Lipinski definition) is 1. The van der Waals surface area contributed by atoms with Crippen molar-refractivity contribution >= 4 is 13.5 Å². The Morgan fingerprint density at radius 3 is 2.70 bits per heavy atom. The Balaban J connectivity index is 2.85. The first-order valence-electron chi connectivity index (χ1n) is 3.41. The molecule has 0 radical (unpaired) electrons. The van der Waals surface area contributed by atoms with Gasteiger partial charge in [-0.1, -0.05) is 13.1 Å². The molecular weight excluding hydrogens is 142 g/mol. The second-order valence-electron chi connectivity index (χ2n) is 3.07. The highest BCUT2D eigenvalue weighted by molar-refractivity contribution is 6.88. The van der Waals surface area contributed by atoms with Crippen molar-refractivity contribution in [1.29, 1.82) is 0 Å². The second-order valence-corrected chi connectivity index (χ2v) is 7.73. The van der Waals surface area contributed by atoms with Crippen molar-refractivity contribution in [1.82, 2.24) is 0 Å². The molecule has 56 valence electrons. The summed E-state index contributed by atoms with van der Waals surface area (Å²) in [4.78, 5) is 0. The van der Waals surface area contributed by atoms with E-state index in [1.54, 1.807) is 6.26 Å². The van der Waals surface area contributed by atoms with Crippen molar-refractivity contribution in [3.05, 3.63) is 18.4 Å². The van der Waals surface area contributed by atoms with Gasteiger partial charge in [0, 0.05) is 0 Å². The van der Waals surface area contributed by atoms with Gasteiger partial charge in [0.05, 0.1) is 11.6 Å². The SMILES string of the molecule is C[Si](C)(CN)c1ccco1.